The van der Waals surface area contributed by atoms with Crippen molar-refractivity contribution in [2.24, 2.45) is 5.92 Å². The quantitative estimate of drug-likeness (QED) is 0.268. The Morgan fingerprint density at radius 2 is 1.69 bits per heavy atom. The number of nitrogens with zero attached hydrogens (tertiary/aromatic N) is 2. The Bertz CT molecular complexity index is 1420. The van der Waals surface area contributed by atoms with Crippen LogP contribution in [0.15, 0.2) is 47.5 Å². The van der Waals surface area contributed by atoms with Crippen LogP contribution in [0.2, 0.25) is 5.02 Å². The Labute approximate surface area is 237 Å². The number of nitrogens with one attached hydrogen (secondary N) is 2. The number of sulfone groups is 1. The Kier molecular flexibility index (Phi) is 9.07. The van der Waals surface area contributed by atoms with Crippen LogP contribution >= 0.6 is 11.6 Å². The smallest absolute Gasteiger partial charge is 0.229 e. The molecule has 1 saturated carbocycles. The lowest BCUT2D eigenvalue weighted by molar-refractivity contribution is 0.243. The molecule has 2 N–H and O–H groups in total. The predicted octanol–water partition coefficient (Wildman–Crippen LogP) is 8.19. The molecule has 0 atom stereocenters. The molecular weight excluding hydrogens is 532 g/mol. The fourth-order valence-electron chi connectivity index (χ4n) is 5.00. The zero-order valence-electron chi connectivity index (χ0n) is 23.6. The molecular formula is C30H39ClN4O3S. The SMILES string of the molecule is Cc1cc(Nc2ncc(Cl)c(Nc3ccccc3S(=O)(=O)C(C)C)n2)c(OC(C)C)cc1C1CCC(C)CC1. The molecule has 0 spiro atoms. The van der Waals surface area contributed by atoms with E-state index in [1.807, 2.05) is 13.8 Å². The maximum atomic E-state index is 12.9. The first-order chi connectivity index (χ1) is 18.5. The summed E-state index contributed by atoms with van der Waals surface area (Å²) in [5, 5.41) is 6.12. The van der Waals surface area contributed by atoms with Crippen molar-refractivity contribution in [3.63, 3.8) is 0 Å². The molecule has 0 bridgehead atoms. The van der Waals surface area contributed by atoms with E-state index in [-0.39, 0.29) is 16.0 Å². The molecule has 1 aliphatic carbocycles. The van der Waals surface area contributed by atoms with Crippen LogP contribution < -0.4 is 15.4 Å². The van der Waals surface area contributed by atoms with Gasteiger partial charge in [-0.05, 0) is 94.7 Å². The third-order valence-electron chi connectivity index (χ3n) is 7.24. The van der Waals surface area contributed by atoms with Gasteiger partial charge in [-0.2, -0.15) is 4.98 Å². The molecule has 1 heterocycles. The van der Waals surface area contributed by atoms with Crippen LogP contribution in [0.5, 0.6) is 5.75 Å². The first-order valence-electron chi connectivity index (χ1n) is 13.7. The van der Waals surface area contributed by atoms with Crippen molar-refractivity contribution in [1.82, 2.24) is 9.97 Å². The summed E-state index contributed by atoms with van der Waals surface area (Å²) in [6.07, 6.45) is 6.38. The third kappa shape index (κ3) is 6.84. The highest BCUT2D eigenvalue weighted by Crippen LogP contribution is 2.41. The van der Waals surface area contributed by atoms with Gasteiger partial charge in [-0.1, -0.05) is 43.5 Å². The highest BCUT2D eigenvalue weighted by molar-refractivity contribution is 7.92. The van der Waals surface area contributed by atoms with Crippen LogP contribution in [0.1, 0.15) is 77.3 Å². The second-order valence-corrected chi connectivity index (χ2v) is 13.9. The van der Waals surface area contributed by atoms with Crippen molar-refractivity contribution in [2.75, 3.05) is 10.6 Å². The zero-order valence-corrected chi connectivity index (χ0v) is 25.2. The summed E-state index contributed by atoms with van der Waals surface area (Å²) in [5.74, 6) is 2.70. The van der Waals surface area contributed by atoms with Gasteiger partial charge in [0.25, 0.3) is 0 Å². The molecule has 1 aliphatic rings. The van der Waals surface area contributed by atoms with Crippen molar-refractivity contribution in [3.8, 4) is 5.75 Å². The molecule has 0 aliphatic heterocycles. The van der Waals surface area contributed by atoms with Gasteiger partial charge in [-0.25, -0.2) is 13.4 Å². The van der Waals surface area contributed by atoms with E-state index in [9.17, 15) is 8.42 Å². The minimum atomic E-state index is -3.52. The van der Waals surface area contributed by atoms with Gasteiger partial charge in [-0.15, -0.1) is 0 Å². The zero-order chi connectivity index (χ0) is 28.3. The van der Waals surface area contributed by atoms with E-state index in [0.717, 1.165) is 17.4 Å². The molecule has 1 fully saturated rings. The number of rotatable bonds is 9. The largest absolute Gasteiger partial charge is 0.489 e. The fraction of sp³-hybridized carbons (Fsp3) is 0.467. The second-order valence-electron chi connectivity index (χ2n) is 11.1. The molecule has 7 nitrogen and oxygen atoms in total. The van der Waals surface area contributed by atoms with Gasteiger partial charge in [0.2, 0.25) is 5.95 Å². The fourth-order valence-corrected chi connectivity index (χ4v) is 6.34. The first kappa shape index (κ1) is 29.2. The molecule has 1 aromatic heterocycles. The number of halogens is 1. The highest BCUT2D eigenvalue weighted by Gasteiger charge is 2.25. The number of aromatic nitrogens is 2. The average Bonchev–Trinajstić information content (AvgIpc) is 2.88. The predicted molar refractivity (Wildman–Crippen MR) is 160 cm³/mol. The molecule has 0 radical (unpaired) electrons. The van der Waals surface area contributed by atoms with E-state index >= 15 is 0 Å². The topological polar surface area (TPSA) is 93.2 Å². The Hall–Kier alpha value is -2.84. The number of benzene rings is 2. The molecule has 4 rings (SSSR count). The van der Waals surface area contributed by atoms with Crippen molar-refractivity contribution >= 4 is 44.6 Å². The third-order valence-corrected chi connectivity index (χ3v) is 9.73. The van der Waals surface area contributed by atoms with E-state index in [1.54, 1.807) is 38.1 Å². The summed E-state index contributed by atoms with van der Waals surface area (Å²) >= 11 is 6.43. The molecule has 39 heavy (non-hydrogen) atoms. The monoisotopic (exact) mass is 570 g/mol. The summed E-state index contributed by atoms with van der Waals surface area (Å²) in [7, 11) is -3.52. The summed E-state index contributed by atoms with van der Waals surface area (Å²) in [6, 6.07) is 11.0. The van der Waals surface area contributed by atoms with Crippen LogP contribution in [-0.4, -0.2) is 29.7 Å². The van der Waals surface area contributed by atoms with Gasteiger partial charge in [0.15, 0.2) is 15.7 Å². The molecule has 0 saturated heterocycles. The summed E-state index contributed by atoms with van der Waals surface area (Å²) in [5.41, 5.74) is 3.72. The van der Waals surface area contributed by atoms with E-state index in [1.165, 1.54) is 43.0 Å². The Morgan fingerprint density at radius 3 is 2.36 bits per heavy atom. The molecule has 9 heteroatoms. The highest BCUT2D eigenvalue weighted by atomic mass is 35.5. The number of hydrogen-bond donors (Lipinski definition) is 2. The van der Waals surface area contributed by atoms with Crippen molar-refractivity contribution in [3.05, 3.63) is 58.7 Å². The maximum Gasteiger partial charge on any atom is 0.229 e. The molecule has 3 aromatic rings. The van der Waals surface area contributed by atoms with E-state index in [2.05, 4.69) is 46.6 Å². The molecule has 0 unspecified atom stereocenters. The van der Waals surface area contributed by atoms with Gasteiger partial charge in [0.1, 0.15) is 10.8 Å². The van der Waals surface area contributed by atoms with Crippen molar-refractivity contribution in [2.45, 2.75) is 89.4 Å². The Morgan fingerprint density at radius 1 is 1.00 bits per heavy atom. The minimum Gasteiger partial charge on any atom is -0.489 e. The van der Waals surface area contributed by atoms with E-state index < -0.39 is 15.1 Å². The normalized spacial score (nSPS) is 17.9. The van der Waals surface area contributed by atoms with Crippen LogP contribution in [0.3, 0.4) is 0 Å². The van der Waals surface area contributed by atoms with Crippen LogP contribution in [0.25, 0.3) is 0 Å². The maximum absolute atomic E-state index is 12.9. The molecule has 2 aromatic carbocycles. The number of anilines is 4. The van der Waals surface area contributed by atoms with E-state index in [4.69, 9.17) is 16.3 Å². The molecule has 210 valence electrons. The number of hydrogen-bond acceptors (Lipinski definition) is 7. The lowest BCUT2D eigenvalue weighted by atomic mass is 9.78. The first-order valence-corrected chi connectivity index (χ1v) is 15.6. The van der Waals surface area contributed by atoms with Gasteiger partial charge >= 0.3 is 0 Å². The second kappa shape index (κ2) is 12.1. The van der Waals surface area contributed by atoms with Crippen LogP contribution in [-0.2, 0) is 9.84 Å². The number of aryl methyl sites for hydroxylation is 1. The van der Waals surface area contributed by atoms with Crippen molar-refractivity contribution in [1.29, 1.82) is 0 Å². The van der Waals surface area contributed by atoms with E-state index in [0.29, 0.717) is 23.4 Å². The average molecular weight is 571 g/mol. The lowest BCUT2D eigenvalue weighted by Crippen LogP contribution is -2.16. The van der Waals surface area contributed by atoms with Gasteiger partial charge < -0.3 is 15.4 Å². The molecule has 0 amide bonds. The van der Waals surface area contributed by atoms with Gasteiger partial charge in [-0.3, -0.25) is 0 Å². The number of para-hydroxylation sites is 1. The Balaban J connectivity index is 1.65. The van der Waals surface area contributed by atoms with Crippen LogP contribution in [0, 0.1) is 12.8 Å². The van der Waals surface area contributed by atoms with Crippen LogP contribution in [0.4, 0.5) is 23.1 Å². The summed E-state index contributed by atoms with van der Waals surface area (Å²) in [4.78, 5) is 9.16. The lowest BCUT2D eigenvalue weighted by Gasteiger charge is -2.28. The summed E-state index contributed by atoms with van der Waals surface area (Å²) < 4.78 is 32.1. The van der Waals surface area contributed by atoms with Gasteiger partial charge in [0.05, 0.1) is 33.8 Å². The number of ether oxygens (including phenoxy) is 1. The minimum absolute atomic E-state index is 0.00439. The van der Waals surface area contributed by atoms with Gasteiger partial charge in [0, 0.05) is 0 Å². The standard InChI is InChI=1S/C30H39ClN4O3S/c1-18(2)38-27-16-23(22-13-11-20(5)12-14-22)21(6)15-26(27)34-30-32-17-24(31)29(35-30)33-25-9-7-8-10-28(25)39(36,37)19(3)4/h7-10,15-20,22H,11-14H2,1-6H3,(H2,32,33,34,35). The summed E-state index contributed by atoms with van der Waals surface area (Å²) in [6.45, 7) is 11.8. The van der Waals surface area contributed by atoms with Crippen molar-refractivity contribution < 1.29 is 13.2 Å².